The van der Waals surface area contributed by atoms with Gasteiger partial charge in [-0.25, -0.2) is 0 Å². The highest BCUT2D eigenvalue weighted by Crippen LogP contribution is 2.32. The number of halogens is 1. The molecule has 0 aromatic heterocycles. The first-order valence-electron chi connectivity index (χ1n) is 7.25. The van der Waals surface area contributed by atoms with E-state index in [1.807, 2.05) is 0 Å². The number of likely N-dealkylation sites (N-methyl/N-ethyl adjacent to an activating group) is 1. The second kappa shape index (κ2) is 8.59. The molecule has 1 heterocycles. The molecular weight excluding hydrogens is 322 g/mol. The maximum absolute atomic E-state index is 12.1. The van der Waals surface area contributed by atoms with E-state index in [1.54, 1.807) is 32.0 Å². The third kappa shape index (κ3) is 5.01. The van der Waals surface area contributed by atoms with Crippen LogP contribution in [0.5, 0.6) is 11.5 Å². The Hall–Kier alpha value is -1.99. The molecule has 0 saturated heterocycles. The van der Waals surface area contributed by atoms with E-state index in [0.29, 0.717) is 36.9 Å². The van der Waals surface area contributed by atoms with Crippen LogP contribution in [0, 0.1) is 0 Å². The van der Waals surface area contributed by atoms with Crippen LogP contribution in [0.25, 0.3) is 0 Å². The topological polar surface area (TPSA) is 93.9 Å². The number of nitrogens with zero attached hydrogens (tertiary/aromatic N) is 1. The predicted octanol–water partition coefficient (Wildman–Crippen LogP) is 1.01. The van der Waals surface area contributed by atoms with Crippen LogP contribution in [0.1, 0.15) is 13.8 Å². The van der Waals surface area contributed by atoms with Crippen LogP contribution >= 0.6 is 12.4 Å². The Bertz CT molecular complexity index is 566. The zero-order valence-corrected chi connectivity index (χ0v) is 14.0. The maximum Gasteiger partial charge on any atom is 0.243 e. The Morgan fingerprint density at radius 3 is 2.57 bits per heavy atom. The van der Waals surface area contributed by atoms with Gasteiger partial charge in [0.25, 0.3) is 0 Å². The van der Waals surface area contributed by atoms with Crippen LogP contribution in [-0.2, 0) is 9.59 Å². The Balaban J connectivity index is 0.00000264. The van der Waals surface area contributed by atoms with Crippen LogP contribution < -0.4 is 20.5 Å². The number of hydrogen-bond acceptors (Lipinski definition) is 5. The minimum atomic E-state index is -0.623. The smallest absolute Gasteiger partial charge is 0.243 e. The third-order valence-corrected chi connectivity index (χ3v) is 3.24. The molecule has 0 spiro atoms. The number of carbonyl (C=O) groups excluding carboxylic acids is 2. The standard InChI is InChI=1S/C15H21N3O4.ClH/c1-3-18(15(20)10(2)16)9-14(19)17-11-4-5-12-13(8-11)22-7-6-21-12;/h4-5,8,10H,3,6-7,9,16H2,1-2H3,(H,17,19);1H/t10-;/m1./s1. The molecule has 0 bridgehead atoms. The number of benzene rings is 1. The molecule has 1 atom stereocenters. The van der Waals surface area contributed by atoms with Crippen molar-refractivity contribution >= 4 is 29.9 Å². The number of fused-ring (bicyclic) bond motifs is 1. The average molecular weight is 344 g/mol. The lowest BCUT2D eigenvalue weighted by molar-refractivity contribution is -0.135. The molecule has 7 nitrogen and oxygen atoms in total. The predicted molar refractivity (Wildman–Crippen MR) is 89.2 cm³/mol. The highest BCUT2D eigenvalue weighted by atomic mass is 35.5. The van der Waals surface area contributed by atoms with Gasteiger partial charge < -0.3 is 25.4 Å². The molecule has 0 aliphatic carbocycles. The van der Waals surface area contributed by atoms with Gasteiger partial charge in [0.2, 0.25) is 11.8 Å². The molecule has 1 aromatic rings. The fraction of sp³-hybridized carbons (Fsp3) is 0.467. The molecule has 1 aliphatic rings. The lowest BCUT2D eigenvalue weighted by Crippen LogP contribution is -2.45. The normalized spacial score (nSPS) is 13.5. The zero-order valence-electron chi connectivity index (χ0n) is 13.2. The Kier molecular flexibility index (Phi) is 7.12. The highest BCUT2D eigenvalue weighted by Gasteiger charge is 2.19. The van der Waals surface area contributed by atoms with Gasteiger partial charge in [-0.3, -0.25) is 9.59 Å². The van der Waals surface area contributed by atoms with Crippen molar-refractivity contribution in [2.75, 3.05) is 31.6 Å². The van der Waals surface area contributed by atoms with Crippen molar-refractivity contribution in [3.05, 3.63) is 18.2 Å². The van der Waals surface area contributed by atoms with Crippen molar-refractivity contribution in [1.82, 2.24) is 4.90 Å². The van der Waals surface area contributed by atoms with E-state index in [-0.39, 0.29) is 30.8 Å². The number of carbonyl (C=O) groups is 2. The molecule has 3 N–H and O–H groups in total. The van der Waals surface area contributed by atoms with Gasteiger partial charge >= 0.3 is 0 Å². The van der Waals surface area contributed by atoms with E-state index in [1.165, 1.54) is 4.90 Å². The molecule has 0 fully saturated rings. The molecule has 1 aromatic carbocycles. The number of ether oxygens (including phenoxy) is 2. The van der Waals surface area contributed by atoms with Gasteiger partial charge in [-0.2, -0.15) is 0 Å². The van der Waals surface area contributed by atoms with E-state index in [0.717, 1.165) is 0 Å². The van der Waals surface area contributed by atoms with Crippen molar-refractivity contribution in [3.63, 3.8) is 0 Å². The average Bonchev–Trinajstić information content (AvgIpc) is 2.51. The summed E-state index contributed by atoms with van der Waals surface area (Å²) in [5, 5.41) is 2.74. The second-order valence-corrected chi connectivity index (χ2v) is 5.05. The lowest BCUT2D eigenvalue weighted by atomic mass is 10.2. The van der Waals surface area contributed by atoms with E-state index in [9.17, 15) is 9.59 Å². The zero-order chi connectivity index (χ0) is 16.1. The fourth-order valence-electron chi connectivity index (χ4n) is 2.13. The van der Waals surface area contributed by atoms with Crippen LogP contribution in [0.4, 0.5) is 5.69 Å². The molecule has 0 saturated carbocycles. The summed E-state index contributed by atoms with van der Waals surface area (Å²) in [6.45, 7) is 4.79. The Labute approximate surface area is 141 Å². The largest absolute Gasteiger partial charge is 0.486 e. The summed E-state index contributed by atoms with van der Waals surface area (Å²) in [6.07, 6.45) is 0. The summed E-state index contributed by atoms with van der Waals surface area (Å²) >= 11 is 0. The van der Waals surface area contributed by atoms with E-state index in [4.69, 9.17) is 15.2 Å². The van der Waals surface area contributed by atoms with E-state index < -0.39 is 6.04 Å². The fourth-order valence-corrected chi connectivity index (χ4v) is 2.13. The Morgan fingerprint density at radius 2 is 1.96 bits per heavy atom. The summed E-state index contributed by atoms with van der Waals surface area (Å²) in [5.74, 6) is 0.724. The number of amides is 2. The summed E-state index contributed by atoms with van der Waals surface area (Å²) in [4.78, 5) is 25.3. The van der Waals surface area contributed by atoms with Gasteiger partial charge in [0.15, 0.2) is 11.5 Å². The monoisotopic (exact) mass is 343 g/mol. The number of hydrogen-bond donors (Lipinski definition) is 2. The summed E-state index contributed by atoms with van der Waals surface area (Å²) < 4.78 is 10.9. The van der Waals surface area contributed by atoms with Gasteiger partial charge in [0.1, 0.15) is 13.2 Å². The van der Waals surface area contributed by atoms with Crippen molar-refractivity contribution in [2.45, 2.75) is 19.9 Å². The van der Waals surface area contributed by atoms with Gasteiger partial charge in [-0.15, -0.1) is 12.4 Å². The summed E-state index contributed by atoms with van der Waals surface area (Å²) in [5.41, 5.74) is 6.16. The number of nitrogens with one attached hydrogen (secondary N) is 1. The van der Waals surface area contributed by atoms with Crippen molar-refractivity contribution in [3.8, 4) is 11.5 Å². The van der Waals surface area contributed by atoms with Gasteiger partial charge in [0, 0.05) is 18.3 Å². The minimum Gasteiger partial charge on any atom is -0.486 e. The van der Waals surface area contributed by atoms with E-state index in [2.05, 4.69) is 5.32 Å². The Morgan fingerprint density at radius 1 is 1.30 bits per heavy atom. The van der Waals surface area contributed by atoms with Crippen molar-refractivity contribution in [1.29, 1.82) is 0 Å². The van der Waals surface area contributed by atoms with Crippen molar-refractivity contribution in [2.24, 2.45) is 5.73 Å². The third-order valence-electron chi connectivity index (χ3n) is 3.24. The molecule has 23 heavy (non-hydrogen) atoms. The number of rotatable bonds is 5. The van der Waals surface area contributed by atoms with Crippen LogP contribution in [0.15, 0.2) is 18.2 Å². The molecule has 128 valence electrons. The van der Waals surface area contributed by atoms with Crippen LogP contribution in [-0.4, -0.2) is 49.1 Å². The second-order valence-electron chi connectivity index (χ2n) is 5.05. The van der Waals surface area contributed by atoms with Gasteiger partial charge in [-0.05, 0) is 26.0 Å². The molecule has 1 aliphatic heterocycles. The number of anilines is 1. The van der Waals surface area contributed by atoms with Crippen molar-refractivity contribution < 1.29 is 19.1 Å². The highest BCUT2D eigenvalue weighted by molar-refractivity contribution is 5.95. The van der Waals surface area contributed by atoms with Gasteiger partial charge in [-0.1, -0.05) is 0 Å². The molecule has 2 amide bonds. The number of nitrogens with two attached hydrogens (primary N) is 1. The summed E-state index contributed by atoms with van der Waals surface area (Å²) in [7, 11) is 0. The molecule has 2 rings (SSSR count). The first-order chi connectivity index (χ1) is 10.5. The first-order valence-corrected chi connectivity index (χ1v) is 7.25. The maximum atomic E-state index is 12.1. The summed E-state index contributed by atoms with van der Waals surface area (Å²) in [6, 6.07) is 4.56. The first kappa shape index (κ1) is 19.1. The lowest BCUT2D eigenvalue weighted by Gasteiger charge is -2.22. The molecule has 8 heteroatoms. The quantitative estimate of drug-likeness (QED) is 0.832. The van der Waals surface area contributed by atoms with Crippen LogP contribution in [0.2, 0.25) is 0 Å². The molecular formula is C15H22ClN3O4. The van der Waals surface area contributed by atoms with E-state index >= 15 is 0 Å². The van der Waals surface area contributed by atoms with Gasteiger partial charge in [0.05, 0.1) is 12.6 Å². The minimum absolute atomic E-state index is 0. The molecule has 0 radical (unpaired) electrons. The SMILES string of the molecule is CCN(CC(=O)Nc1ccc2c(c1)OCCO2)C(=O)[C@@H](C)N.Cl. The molecule has 0 unspecified atom stereocenters. The van der Waals surface area contributed by atoms with Crippen LogP contribution in [0.3, 0.4) is 0 Å².